The second kappa shape index (κ2) is 4.26. The van der Waals surface area contributed by atoms with Crippen molar-refractivity contribution in [2.45, 2.75) is 6.43 Å². The molecule has 0 amide bonds. The highest BCUT2D eigenvalue weighted by atomic mass is 35.5. The molecule has 0 saturated carbocycles. The van der Waals surface area contributed by atoms with E-state index in [1.54, 1.807) is 0 Å². The molecule has 1 aromatic heterocycles. The number of carbonyl (C=O) groups is 1. The maximum absolute atomic E-state index is 12.2. The Morgan fingerprint density at radius 3 is 2.60 bits per heavy atom. The van der Waals surface area contributed by atoms with Gasteiger partial charge in [0.25, 0.3) is 17.4 Å². The van der Waals surface area contributed by atoms with Crippen molar-refractivity contribution < 1.29 is 18.5 Å². The molecule has 0 atom stereocenters. The lowest BCUT2D eigenvalue weighted by atomic mass is 10.2. The third-order valence-corrected chi connectivity index (χ3v) is 1.74. The number of alkyl halides is 2. The highest BCUT2D eigenvalue weighted by Gasteiger charge is 2.22. The predicted octanol–water partition coefficient (Wildman–Crippen LogP) is 2.31. The van der Waals surface area contributed by atoms with E-state index >= 15 is 0 Å². The number of halogens is 3. The number of nitro groups is 1. The molecule has 15 heavy (non-hydrogen) atoms. The molecule has 8 heteroatoms. The highest BCUT2D eigenvalue weighted by Crippen LogP contribution is 2.24. The number of carbonyl (C=O) groups excluding carboxylic acids is 1. The Morgan fingerprint density at radius 2 is 2.20 bits per heavy atom. The van der Waals surface area contributed by atoms with Gasteiger partial charge in [-0.05, 0) is 17.7 Å². The van der Waals surface area contributed by atoms with Crippen LogP contribution in [-0.2, 0) is 0 Å². The fraction of sp³-hybridized carbons (Fsp3) is 0.143. The summed E-state index contributed by atoms with van der Waals surface area (Å²) in [4.78, 5) is 23.3. The van der Waals surface area contributed by atoms with E-state index < -0.39 is 33.5 Å². The zero-order valence-corrected chi connectivity index (χ0v) is 7.74. The average Bonchev–Trinajstić information content (AvgIpc) is 2.16. The summed E-state index contributed by atoms with van der Waals surface area (Å²) >= 11 is 5.01. The molecule has 0 unspecified atom stereocenters. The smallest absolute Gasteiger partial charge is 0.275 e. The fourth-order valence-electron chi connectivity index (χ4n) is 0.887. The van der Waals surface area contributed by atoms with Gasteiger partial charge in [-0.15, -0.1) is 0 Å². The molecule has 0 aliphatic heterocycles. The van der Waals surface area contributed by atoms with Gasteiger partial charge in [-0.2, -0.15) is 0 Å². The van der Waals surface area contributed by atoms with Crippen LogP contribution < -0.4 is 0 Å². The van der Waals surface area contributed by atoms with Crippen molar-refractivity contribution in [2.75, 3.05) is 0 Å². The van der Waals surface area contributed by atoms with E-state index in [2.05, 4.69) is 4.98 Å². The van der Waals surface area contributed by atoms with Crippen LogP contribution in [0, 0.1) is 10.1 Å². The van der Waals surface area contributed by atoms with Gasteiger partial charge < -0.3 is 0 Å². The van der Waals surface area contributed by atoms with Crippen molar-refractivity contribution in [3.63, 3.8) is 0 Å². The maximum Gasteiger partial charge on any atom is 0.299 e. The monoisotopic (exact) mass is 236 g/mol. The Bertz CT molecular complexity index is 425. The Labute approximate surface area is 86.8 Å². The van der Waals surface area contributed by atoms with Crippen LogP contribution in [0.15, 0.2) is 12.3 Å². The predicted molar refractivity (Wildman–Crippen MR) is 46.0 cm³/mol. The standard InChI is InChI=1S/C7H3ClF2N2O3/c8-6(13)3-1-4(7(9)10)11-2-5(3)12(14)15/h1-2,7H. The molecule has 1 aromatic rings. The fourth-order valence-corrected chi connectivity index (χ4v) is 1.04. The largest absolute Gasteiger partial charge is 0.299 e. The summed E-state index contributed by atoms with van der Waals surface area (Å²) in [5.41, 5.74) is -2.02. The van der Waals surface area contributed by atoms with E-state index in [0.717, 1.165) is 0 Å². The van der Waals surface area contributed by atoms with Crippen LogP contribution in [0.25, 0.3) is 0 Å². The molecule has 0 spiro atoms. The van der Waals surface area contributed by atoms with Crippen LogP contribution in [0.5, 0.6) is 0 Å². The van der Waals surface area contributed by atoms with Gasteiger partial charge in [0.2, 0.25) is 0 Å². The normalized spacial score (nSPS) is 10.4. The quantitative estimate of drug-likeness (QED) is 0.459. The van der Waals surface area contributed by atoms with E-state index in [0.29, 0.717) is 12.3 Å². The summed E-state index contributed by atoms with van der Waals surface area (Å²) in [7, 11) is 0. The van der Waals surface area contributed by atoms with Gasteiger partial charge in [0.15, 0.2) is 0 Å². The first-order valence-electron chi connectivity index (χ1n) is 3.55. The van der Waals surface area contributed by atoms with Crippen LogP contribution in [0.3, 0.4) is 0 Å². The SMILES string of the molecule is O=C(Cl)c1cc(C(F)F)ncc1[N+](=O)[O-]. The minimum atomic E-state index is -2.92. The third-order valence-electron chi connectivity index (χ3n) is 1.54. The van der Waals surface area contributed by atoms with Crippen LogP contribution in [0.4, 0.5) is 14.5 Å². The summed E-state index contributed by atoms with van der Waals surface area (Å²) in [5.74, 6) is 0. The molecular formula is C7H3ClF2N2O3. The summed E-state index contributed by atoms with van der Waals surface area (Å²) in [6.45, 7) is 0. The summed E-state index contributed by atoms with van der Waals surface area (Å²) in [6.07, 6.45) is -2.34. The molecule has 0 saturated heterocycles. The minimum absolute atomic E-state index is 0.580. The Balaban J connectivity index is 3.33. The lowest BCUT2D eigenvalue weighted by Crippen LogP contribution is -2.02. The van der Waals surface area contributed by atoms with Crippen molar-refractivity contribution in [1.82, 2.24) is 4.98 Å². The minimum Gasteiger partial charge on any atom is -0.275 e. The zero-order valence-electron chi connectivity index (χ0n) is 6.99. The van der Waals surface area contributed by atoms with E-state index in [-0.39, 0.29) is 0 Å². The van der Waals surface area contributed by atoms with Gasteiger partial charge in [-0.1, -0.05) is 0 Å². The number of hydrogen-bond donors (Lipinski definition) is 0. The molecule has 0 bridgehead atoms. The second-order valence-corrected chi connectivity index (χ2v) is 2.80. The first-order valence-corrected chi connectivity index (χ1v) is 3.93. The molecule has 0 aromatic carbocycles. The summed E-state index contributed by atoms with van der Waals surface area (Å²) in [6, 6.07) is 0.609. The second-order valence-electron chi connectivity index (χ2n) is 2.46. The molecule has 5 nitrogen and oxygen atoms in total. The average molecular weight is 237 g/mol. The highest BCUT2D eigenvalue weighted by molar-refractivity contribution is 6.68. The van der Waals surface area contributed by atoms with Crippen molar-refractivity contribution in [3.8, 4) is 0 Å². The van der Waals surface area contributed by atoms with E-state index in [4.69, 9.17) is 11.6 Å². The van der Waals surface area contributed by atoms with Crippen molar-refractivity contribution in [1.29, 1.82) is 0 Å². The van der Waals surface area contributed by atoms with Gasteiger partial charge in [0.1, 0.15) is 17.5 Å². The first kappa shape index (κ1) is 11.4. The van der Waals surface area contributed by atoms with Gasteiger partial charge in [-0.3, -0.25) is 14.9 Å². The molecule has 0 aliphatic rings. The van der Waals surface area contributed by atoms with Gasteiger partial charge in [-0.25, -0.2) is 13.8 Å². The van der Waals surface area contributed by atoms with Crippen LogP contribution in [0.2, 0.25) is 0 Å². The number of aromatic nitrogens is 1. The number of pyridine rings is 1. The topological polar surface area (TPSA) is 73.1 Å². The van der Waals surface area contributed by atoms with Crippen LogP contribution >= 0.6 is 11.6 Å². The van der Waals surface area contributed by atoms with E-state index in [1.807, 2.05) is 0 Å². The number of rotatable bonds is 3. The number of hydrogen-bond acceptors (Lipinski definition) is 4. The van der Waals surface area contributed by atoms with Crippen molar-refractivity contribution in [2.24, 2.45) is 0 Å². The molecule has 1 heterocycles. The summed E-state index contributed by atoms with van der Waals surface area (Å²) in [5, 5.41) is 9.20. The third kappa shape index (κ3) is 2.44. The summed E-state index contributed by atoms with van der Waals surface area (Å²) < 4.78 is 24.3. The van der Waals surface area contributed by atoms with Crippen molar-refractivity contribution >= 4 is 22.5 Å². The Kier molecular flexibility index (Phi) is 3.25. The van der Waals surface area contributed by atoms with Gasteiger partial charge in [0.05, 0.1) is 4.92 Å². The lowest BCUT2D eigenvalue weighted by molar-refractivity contribution is -0.385. The van der Waals surface area contributed by atoms with Crippen LogP contribution in [0.1, 0.15) is 22.5 Å². The van der Waals surface area contributed by atoms with E-state index in [9.17, 15) is 23.7 Å². The molecule has 80 valence electrons. The maximum atomic E-state index is 12.2. The molecule has 0 radical (unpaired) electrons. The van der Waals surface area contributed by atoms with Crippen molar-refractivity contribution in [3.05, 3.63) is 33.6 Å². The van der Waals surface area contributed by atoms with Gasteiger partial charge in [0, 0.05) is 0 Å². The Morgan fingerprint density at radius 1 is 1.60 bits per heavy atom. The van der Waals surface area contributed by atoms with E-state index in [1.165, 1.54) is 0 Å². The molecule has 0 aliphatic carbocycles. The lowest BCUT2D eigenvalue weighted by Gasteiger charge is -2.01. The molecular weight excluding hydrogens is 234 g/mol. The molecule has 0 fully saturated rings. The first-order chi connectivity index (χ1) is 6.93. The zero-order chi connectivity index (χ0) is 11.6. The van der Waals surface area contributed by atoms with Gasteiger partial charge >= 0.3 is 0 Å². The van der Waals surface area contributed by atoms with Crippen LogP contribution in [-0.4, -0.2) is 15.1 Å². The molecule has 1 rings (SSSR count). The molecule has 0 N–H and O–H groups in total. The number of nitrogens with zero attached hydrogens (tertiary/aromatic N) is 2. The Hall–Kier alpha value is -1.63.